The van der Waals surface area contributed by atoms with Crippen LogP contribution in [0.2, 0.25) is 0 Å². The van der Waals surface area contributed by atoms with Crippen molar-refractivity contribution in [2.45, 2.75) is 0 Å². The molecule has 13 rings (SSSR count). The van der Waals surface area contributed by atoms with Crippen LogP contribution in [0.1, 0.15) is 0 Å². The molecule has 10 aromatic carbocycles. The fourth-order valence-electron chi connectivity index (χ4n) is 9.98. The molecular formula is C60H38N2OS. The fraction of sp³-hybridized carbons (Fsp3) is 0. The van der Waals surface area contributed by atoms with E-state index < -0.39 is 0 Å². The number of hydrogen-bond donors (Lipinski definition) is 0. The minimum Gasteiger partial charge on any atom is -0.455 e. The zero-order valence-electron chi connectivity index (χ0n) is 34.7. The summed E-state index contributed by atoms with van der Waals surface area (Å²) >= 11 is 1.84. The van der Waals surface area contributed by atoms with Crippen LogP contribution < -0.4 is 4.90 Å². The Hall–Kier alpha value is -8.18. The Morgan fingerprint density at radius 2 is 0.984 bits per heavy atom. The second-order valence-corrected chi connectivity index (χ2v) is 17.5. The molecule has 3 aromatic heterocycles. The summed E-state index contributed by atoms with van der Waals surface area (Å²) in [5, 5.41) is 7.17. The van der Waals surface area contributed by atoms with Crippen molar-refractivity contribution in [3.8, 4) is 39.1 Å². The average Bonchev–Trinajstić information content (AvgIpc) is 4.05. The van der Waals surface area contributed by atoms with E-state index in [9.17, 15) is 0 Å². The Labute approximate surface area is 373 Å². The highest BCUT2D eigenvalue weighted by atomic mass is 32.1. The van der Waals surface area contributed by atoms with Crippen molar-refractivity contribution in [1.82, 2.24) is 4.57 Å². The molecule has 0 aliphatic heterocycles. The lowest BCUT2D eigenvalue weighted by Gasteiger charge is -2.28. The van der Waals surface area contributed by atoms with E-state index in [2.05, 4.69) is 240 Å². The molecular weight excluding hydrogens is 797 g/mol. The molecule has 0 saturated heterocycles. The molecule has 0 unspecified atom stereocenters. The first-order valence-corrected chi connectivity index (χ1v) is 22.6. The number of fused-ring (bicyclic) bond motifs is 9. The number of nitrogens with zero attached hydrogens (tertiary/aromatic N) is 2. The highest BCUT2D eigenvalue weighted by Gasteiger charge is 2.25. The van der Waals surface area contributed by atoms with Crippen molar-refractivity contribution in [3.05, 3.63) is 231 Å². The third-order valence-electron chi connectivity index (χ3n) is 12.8. The summed E-state index contributed by atoms with van der Waals surface area (Å²) in [7, 11) is 0. The molecule has 0 atom stereocenters. The number of benzene rings is 10. The molecule has 64 heavy (non-hydrogen) atoms. The van der Waals surface area contributed by atoms with Crippen molar-refractivity contribution in [2.75, 3.05) is 4.90 Å². The van der Waals surface area contributed by atoms with Crippen LogP contribution in [0.5, 0.6) is 0 Å². The molecule has 0 fully saturated rings. The molecule has 0 radical (unpaired) electrons. The highest BCUT2D eigenvalue weighted by Crippen LogP contribution is 2.50. The van der Waals surface area contributed by atoms with Crippen molar-refractivity contribution >= 4 is 92.3 Å². The Kier molecular flexibility index (Phi) is 8.40. The number of rotatable bonds is 7. The van der Waals surface area contributed by atoms with Gasteiger partial charge in [-0.2, -0.15) is 0 Å². The summed E-state index contributed by atoms with van der Waals surface area (Å²) in [4.78, 5) is 2.46. The largest absolute Gasteiger partial charge is 0.455 e. The topological polar surface area (TPSA) is 21.3 Å². The van der Waals surface area contributed by atoms with E-state index in [1.54, 1.807) is 0 Å². The average molecular weight is 835 g/mol. The summed E-state index contributed by atoms with van der Waals surface area (Å²) in [5.41, 5.74) is 15.4. The van der Waals surface area contributed by atoms with E-state index in [0.717, 1.165) is 66.9 Å². The first kappa shape index (κ1) is 36.5. The molecule has 0 N–H and O–H groups in total. The molecule has 0 aliphatic carbocycles. The minimum absolute atomic E-state index is 0.862. The van der Waals surface area contributed by atoms with Crippen LogP contribution >= 0.6 is 11.3 Å². The van der Waals surface area contributed by atoms with E-state index >= 15 is 0 Å². The monoisotopic (exact) mass is 834 g/mol. The number of furan rings is 1. The fourth-order valence-corrected chi connectivity index (χ4v) is 11.1. The van der Waals surface area contributed by atoms with Crippen LogP contribution in [-0.2, 0) is 0 Å². The number of anilines is 3. The first-order valence-electron chi connectivity index (χ1n) is 21.8. The van der Waals surface area contributed by atoms with E-state index in [1.807, 2.05) is 11.3 Å². The molecule has 0 spiro atoms. The van der Waals surface area contributed by atoms with Gasteiger partial charge in [-0.1, -0.05) is 158 Å². The third-order valence-corrected chi connectivity index (χ3v) is 13.9. The van der Waals surface area contributed by atoms with Crippen molar-refractivity contribution in [1.29, 1.82) is 0 Å². The zero-order chi connectivity index (χ0) is 42.1. The Balaban J connectivity index is 1.02. The molecule has 0 bridgehead atoms. The lowest BCUT2D eigenvalue weighted by Crippen LogP contribution is -2.11. The SMILES string of the molecule is c1ccc(-c2ccccc2-c2ccc(N(c3ccc(-c4cccc(-n5c6ccccc6c6ccccc65)c4)cc3)c3cccc4sc5ccccc5c34)c3c2oc2ccccc23)cc1. The smallest absolute Gasteiger partial charge is 0.145 e. The van der Waals surface area contributed by atoms with Gasteiger partial charge in [0.05, 0.1) is 27.8 Å². The second-order valence-electron chi connectivity index (χ2n) is 16.4. The van der Waals surface area contributed by atoms with Crippen molar-refractivity contribution in [2.24, 2.45) is 0 Å². The van der Waals surface area contributed by atoms with Crippen LogP contribution in [0.4, 0.5) is 17.1 Å². The molecule has 0 amide bonds. The molecule has 300 valence electrons. The van der Waals surface area contributed by atoms with Crippen LogP contribution in [-0.4, -0.2) is 4.57 Å². The van der Waals surface area contributed by atoms with Gasteiger partial charge in [0.1, 0.15) is 11.2 Å². The first-order chi connectivity index (χ1) is 31.8. The van der Waals surface area contributed by atoms with Gasteiger partial charge in [0.15, 0.2) is 0 Å². The van der Waals surface area contributed by atoms with Gasteiger partial charge in [-0.15, -0.1) is 11.3 Å². The number of thiophene rings is 1. The number of aromatic nitrogens is 1. The maximum Gasteiger partial charge on any atom is 0.145 e. The van der Waals surface area contributed by atoms with E-state index in [4.69, 9.17) is 4.42 Å². The standard InChI is InChI=1S/C60H38N2OS/c1-2-16-40(17-3-1)44-20-4-5-21-45(44)48-36-37-54(59-49-24-8-12-29-55(49)63-60(48)59)61(53-28-15-31-57-58(53)50-25-9-13-30-56(50)64-57)42-34-32-39(33-35-42)41-18-14-19-43(38-41)62-51-26-10-6-22-46(51)47-23-7-11-27-52(47)62/h1-38H. The number of hydrogen-bond acceptors (Lipinski definition) is 3. The number of para-hydroxylation sites is 3. The second kappa shape index (κ2) is 14.7. The van der Waals surface area contributed by atoms with Crippen LogP contribution in [0.3, 0.4) is 0 Å². The van der Waals surface area contributed by atoms with Crippen LogP contribution in [0.15, 0.2) is 235 Å². The summed E-state index contributed by atoms with van der Waals surface area (Å²) in [5.74, 6) is 0. The van der Waals surface area contributed by atoms with E-state index in [1.165, 1.54) is 53.1 Å². The van der Waals surface area contributed by atoms with E-state index in [0.29, 0.717) is 0 Å². The van der Waals surface area contributed by atoms with Gasteiger partial charge in [-0.25, -0.2) is 0 Å². The zero-order valence-corrected chi connectivity index (χ0v) is 35.5. The van der Waals surface area contributed by atoms with Crippen molar-refractivity contribution in [3.63, 3.8) is 0 Å². The summed E-state index contributed by atoms with van der Waals surface area (Å²) in [6, 6.07) is 83.3. The van der Waals surface area contributed by atoms with Crippen molar-refractivity contribution < 1.29 is 4.42 Å². The summed E-state index contributed by atoms with van der Waals surface area (Å²) in [6.07, 6.45) is 0. The molecule has 13 aromatic rings. The quantitative estimate of drug-likeness (QED) is 0.159. The molecule has 0 aliphatic rings. The van der Waals surface area contributed by atoms with Gasteiger partial charge in [-0.3, -0.25) is 0 Å². The van der Waals surface area contributed by atoms with Gasteiger partial charge in [-0.05, 0) is 101 Å². The Morgan fingerprint density at radius 3 is 1.78 bits per heavy atom. The summed E-state index contributed by atoms with van der Waals surface area (Å²) < 4.78 is 11.9. The Bertz CT molecular complexity index is 3860. The predicted octanol–water partition coefficient (Wildman–Crippen LogP) is 17.5. The third kappa shape index (κ3) is 5.73. The molecule has 3 nitrogen and oxygen atoms in total. The van der Waals surface area contributed by atoms with Gasteiger partial charge >= 0.3 is 0 Å². The lowest BCUT2D eigenvalue weighted by molar-refractivity contribution is 0.670. The maximum absolute atomic E-state index is 6.98. The summed E-state index contributed by atoms with van der Waals surface area (Å²) in [6.45, 7) is 0. The van der Waals surface area contributed by atoms with Gasteiger partial charge < -0.3 is 13.9 Å². The lowest BCUT2D eigenvalue weighted by atomic mass is 9.92. The van der Waals surface area contributed by atoms with E-state index in [-0.39, 0.29) is 0 Å². The molecule has 4 heteroatoms. The Morgan fingerprint density at radius 1 is 0.375 bits per heavy atom. The predicted molar refractivity (Wildman–Crippen MR) is 272 cm³/mol. The van der Waals surface area contributed by atoms with Gasteiger partial charge in [0.2, 0.25) is 0 Å². The van der Waals surface area contributed by atoms with Crippen LogP contribution in [0, 0.1) is 0 Å². The normalized spacial score (nSPS) is 11.8. The molecule has 3 heterocycles. The highest BCUT2D eigenvalue weighted by molar-refractivity contribution is 7.26. The van der Waals surface area contributed by atoms with Gasteiger partial charge in [0.25, 0.3) is 0 Å². The maximum atomic E-state index is 6.98. The van der Waals surface area contributed by atoms with Crippen LogP contribution in [0.25, 0.3) is 103 Å². The molecule has 0 saturated carbocycles. The minimum atomic E-state index is 0.862. The van der Waals surface area contributed by atoms with Gasteiger partial charge in [0, 0.05) is 53.3 Å².